The maximum atomic E-state index is 11.9. The molecule has 0 unspecified atom stereocenters. The van der Waals surface area contributed by atoms with Gasteiger partial charge in [-0.05, 0) is 43.5 Å². The third kappa shape index (κ3) is 3.36. The van der Waals surface area contributed by atoms with Crippen LogP contribution in [-0.4, -0.2) is 22.5 Å². The Labute approximate surface area is 118 Å². The lowest BCUT2D eigenvalue weighted by molar-refractivity contribution is -0.120. The van der Waals surface area contributed by atoms with Crippen molar-refractivity contribution in [3.63, 3.8) is 0 Å². The Morgan fingerprint density at radius 2 is 2.00 bits per heavy atom. The van der Waals surface area contributed by atoms with Gasteiger partial charge in [0.25, 0.3) is 0 Å². The van der Waals surface area contributed by atoms with Crippen molar-refractivity contribution >= 4 is 17.5 Å². The molecule has 0 radical (unpaired) electrons. The van der Waals surface area contributed by atoms with Crippen molar-refractivity contribution in [3.8, 4) is 0 Å². The Hall–Kier alpha value is -1.88. The third-order valence-corrected chi connectivity index (χ3v) is 3.80. The fraction of sp³-hybridized carbons (Fsp3) is 0.467. The van der Waals surface area contributed by atoms with E-state index in [9.17, 15) is 14.7 Å². The summed E-state index contributed by atoms with van der Waals surface area (Å²) in [6.07, 6.45) is 3.41. The van der Waals surface area contributed by atoms with Gasteiger partial charge in [-0.15, -0.1) is 0 Å². The van der Waals surface area contributed by atoms with Gasteiger partial charge < -0.3 is 16.2 Å². The minimum absolute atomic E-state index is 0.115. The average molecular weight is 276 g/mol. The number of benzene rings is 1. The fourth-order valence-corrected chi connectivity index (χ4v) is 2.73. The predicted octanol–water partition coefficient (Wildman–Crippen LogP) is 1.73. The third-order valence-electron chi connectivity index (χ3n) is 3.80. The molecule has 0 spiro atoms. The molecule has 108 valence electrons. The van der Waals surface area contributed by atoms with Crippen molar-refractivity contribution in [2.45, 2.75) is 44.6 Å². The van der Waals surface area contributed by atoms with Gasteiger partial charge in [0.05, 0.1) is 12.0 Å². The molecule has 2 amide bonds. The highest BCUT2D eigenvalue weighted by atomic mass is 16.3. The molecule has 1 aromatic carbocycles. The first kappa shape index (κ1) is 14.5. The first-order chi connectivity index (χ1) is 9.39. The number of nitrogens with two attached hydrogens (primary N) is 1. The van der Waals surface area contributed by atoms with Crippen LogP contribution in [0.4, 0.5) is 5.69 Å². The molecular weight excluding hydrogens is 256 g/mol. The van der Waals surface area contributed by atoms with Crippen molar-refractivity contribution in [3.05, 3.63) is 29.3 Å². The van der Waals surface area contributed by atoms with Gasteiger partial charge in [0, 0.05) is 11.3 Å². The van der Waals surface area contributed by atoms with Crippen LogP contribution < -0.4 is 11.1 Å². The van der Waals surface area contributed by atoms with Crippen LogP contribution in [0.3, 0.4) is 0 Å². The second-order valence-electron chi connectivity index (χ2n) is 5.55. The molecule has 0 saturated heterocycles. The fourth-order valence-electron chi connectivity index (χ4n) is 2.73. The lowest BCUT2D eigenvalue weighted by atomic mass is 9.97. The smallest absolute Gasteiger partial charge is 0.248 e. The predicted molar refractivity (Wildman–Crippen MR) is 76.4 cm³/mol. The Morgan fingerprint density at radius 1 is 1.35 bits per heavy atom. The quantitative estimate of drug-likeness (QED) is 0.782. The van der Waals surface area contributed by atoms with E-state index < -0.39 is 11.5 Å². The number of hydrogen-bond acceptors (Lipinski definition) is 3. The molecular formula is C15H20N2O3. The summed E-state index contributed by atoms with van der Waals surface area (Å²) in [6.45, 7) is 1.76. The van der Waals surface area contributed by atoms with Crippen LogP contribution in [-0.2, 0) is 4.79 Å². The van der Waals surface area contributed by atoms with Crippen molar-refractivity contribution in [2.24, 2.45) is 5.73 Å². The minimum Gasteiger partial charge on any atom is -0.389 e. The molecule has 20 heavy (non-hydrogen) atoms. The van der Waals surface area contributed by atoms with Crippen LogP contribution in [0, 0.1) is 6.92 Å². The summed E-state index contributed by atoms with van der Waals surface area (Å²) in [7, 11) is 0. The van der Waals surface area contributed by atoms with Gasteiger partial charge >= 0.3 is 0 Å². The van der Waals surface area contributed by atoms with E-state index >= 15 is 0 Å². The molecule has 5 heteroatoms. The number of aryl methyl sites for hydroxylation is 1. The molecule has 1 aliphatic rings. The SMILES string of the molecule is Cc1cc(NC(=O)CC2(O)CCCC2)ccc1C(N)=O. The van der Waals surface area contributed by atoms with Gasteiger partial charge in [-0.25, -0.2) is 0 Å². The summed E-state index contributed by atoms with van der Waals surface area (Å²) in [5.74, 6) is -0.693. The van der Waals surface area contributed by atoms with E-state index in [1.807, 2.05) is 0 Å². The molecule has 0 heterocycles. The van der Waals surface area contributed by atoms with Crippen LogP contribution in [0.5, 0.6) is 0 Å². The number of carbonyl (C=O) groups excluding carboxylic acids is 2. The topological polar surface area (TPSA) is 92.4 Å². The van der Waals surface area contributed by atoms with Gasteiger partial charge in [0.2, 0.25) is 11.8 Å². The lowest BCUT2D eigenvalue weighted by Gasteiger charge is -2.21. The highest BCUT2D eigenvalue weighted by molar-refractivity contribution is 5.96. The Balaban J connectivity index is 2.01. The van der Waals surface area contributed by atoms with Crippen LogP contribution in [0.15, 0.2) is 18.2 Å². The Morgan fingerprint density at radius 3 is 2.55 bits per heavy atom. The van der Waals surface area contributed by atoms with Gasteiger partial charge in [-0.3, -0.25) is 9.59 Å². The molecule has 2 rings (SSSR count). The number of anilines is 1. The number of nitrogens with one attached hydrogen (secondary N) is 1. The van der Waals surface area contributed by atoms with Gasteiger partial charge in [0.1, 0.15) is 0 Å². The number of rotatable bonds is 4. The van der Waals surface area contributed by atoms with E-state index in [2.05, 4.69) is 5.32 Å². The second kappa shape index (κ2) is 5.63. The number of aliphatic hydroxyl groups is 1. The Kier molecular flexibility index (Phi) is 4.09. The molecule has 0 atom stereocenters. The van der Waals surface area contributed by atoms with E-state index in [1.165, 1.54) is 0 Å². The first-order valence-electron chi connectivity index (χ1n) is 6.82. The first-order valence-corrected chi connectivity index (χ1v) is 6.82. The largest absolute Gasteiger partial charge is 0.389 e. The standard InChI is InChI=1S/C15H20N2O3/c1-10-8-11(4-5-12(10)14(16)19)17-13(18)9-15(20)6-2-3-7-15/h4-5,8,20H,2-3,6-7,9H2,1H3,(H2,16,19)(H,17,18). The van der Waals surface area contributed by atoms with Crippen molar-refractivity contribution in [1.82, 2.24) is 0 Å². The van der Waals surface area contributed by atoms with Crippen LogP contribution in [0.1, 0.15) is 48.0 Å². The molecule has 1 saturated carbocycles. The average Bonchev–Trinajstić information content (AvgIpc) is 2.74. The normalized spacial score (nSPS) is 16.9. The summed E-state index contributed by atoms with van der Waals surface area (Å²) in [5, 5.41) is 12.9. The van der Waals surface area contributed by atoms with Gasteiger partial charge in [-0.1, -0.05) is 12.8 Å². The van der Waals surface area contributed by atoms with Crippen LogP contribution in [0.25, 0.3) is 0 Å². The monoisotopic (exact) mass is 276 g/mol. The number of carbonyl (C=O) groups is 2. The van der Waals surface area contributed by atoms with Crippen LogP contribution in [0.2, 0.25) is 0 Å². The maximum absolute atomic E-state index is 11.9. The molecule has 5 nitrogen and oxygen atoms in total. The van der Waals surface area contributed by atoms with E-state index in [0.717, 1.165) is 18.4 Å². The lowest BCUT2D eigenvalue weighted by Crippen LogP contribution is -2.30. The van der Waals surface area contributed by atoms with E-state index in [4.69, 9.17) is 5.73 Å². The van der Waals surface area contributed by atoms with E-state index in [0.29, 0.717) is 24.1 Å². The van der Waals surface area contributed by atoms with Crippen LogP contribution >= 0.6 is 0 Å². The zero-order valence-electron chi connectivity index (χ0n) is 11.6. The Bertz CT molecular complexity index is 534. The van der Waals surface area contributed by atoms with E-state index in [-0.39, 0.29) is 12.3 Å². The second-order valence-corrected chi connectivity index (χ2v) is 5.55. The summed E-state index contributed by atoms with van der Waals surface area (Å²) in [6, 6.07) is 4.94. The number of hydrogen-bond donors (Lipinski definition) is 3. The number of amides is 2. The summed E-state index contributed by atoms with van der Waals surface area (Å²) >= 11 is 0. The summed E-state index contributed by atoms with van der Waals surface area (Å²) < 4.78 is 0. The van der Waals surface area contributed by atoms with Gasteiger partial charge in [0.15, 0.2) is 0 Å². The zero-order valence-corrected chi connectivity index (χ0v) is 11.6. The minimum atomic E-state index is -0.855. The maximum Gasteiger partial charge on any atom is 0.248 e. The highest BCUT2D eigenvalue weighted by Crippen LogP contribution is 2.32. The summed E-state index contributed by atoms with van der Waals surface area (Å²) in [4.78, 5) is 23.1. The van der Waals surface area contributed by atoms with Crippen molar-refractivity contribution < 1.29 is 14.7 Å². The molecule has 0 bridgehead atoms. The molecule has 0 aromatic heterocycles. The molecule has 4 N–H and O–H groups in total. The highest BCUT2D eigenvalue weighted by Gasteiger charge is 2.33. The molecule has 0 aliphatic heterocycles. The number of primary amides is 1. The molecule has 1 aliphatic carbocycles. The van der Waals surface area contributed by atoms with E-state index in [1.54, 1.807) is 25.1 Å². The van der Waals surface area contributed by atoms with Crippen molar-refractivity contribution in [1.29, 1.82) is 0 Å². The van der Waals surface area contributed by atoms with Crippen molar-refractivity contribution in [2.75, 3.05) is 5.32 Å². The molecule has 1 fully saturated rings. The zero-order chi connectivity index (χ0) is 14.8. The molecule has 1 aromatic rings. The summed E-state index contributed by atoms with van der Waals surface area (Å²) in [5.41, 5.74) is 6.15. The van der Waals surface area contributed by atoms with Gasteiger partial charge in [-0.2, -0.15) is 0 Å².